The van der Waals surface area contributed by atoms with Crippen LogP contribution in [0.15, 0.2) is 18.2 Å². The number of nitrogen functional groups attached to an aromatic ring is 1. The lowest BCUT2D eigenvalue weighted by molar-refractivity contribution is 0.0771. The van der Waals surface area contributed by atoms with Gasteiger partial charge < -0.3 is 10.6 Å². The molecule has 1 fully saturated rings. The first-order chi connectivity index (χ1) is 8.08. The number of anilines is 1. The smallest absolute Gasteiger partial charge is 0.254 e. The molecule has 2 rings (SSSR count). The van der Waals surface area contributed by atoms with Gasteiger partial charge in [-0.1, -0.05) is 0 Å². The molecule has 1 aromatic rings. The fourth-order valence-corrected chi connectivity index (χ4v) is 2.74. The third kappa shape index (κ3) is 2.63. The summed E-state index contributed by atoms with van der Waals surface area (Å²) < 4.78 is 24.4. The highest BCUT2D eigenvalue weighted by Gasteiger charge is 2.21. The molecule has 0 radical (unpaired) electrons. The van der Waals surface area contributed by atoms with E-state index < -0.39 is 16.6 Å². The van der Waals surface area contributed by atoms with Crippen LogP contribution in [0.5, 0.6) is 0 Å². The topological polar surface area (TPSA) is 63.4 Å². The molecule has 17 heavy (non-hydrogen) atoms. The van der Waals surface area contributed by atoms with Crippen LogP contribution < -0.4 is 5.73 Å². The van der Waals surface area contributed by atoms with Gasteiger partial charge in [-0.05, 0) is 18.2 Å². The van der Waals surface area contributed by atoms with E-state index in [1.54, 1.807) is 4.90 Å². The highest BCUT2D eigenvalue weighted by molar-refractivity contribution is 7.85. The van der Waals surface area contributed by atoms with Gasteiger partial charge in [0.15, 0.2) is 0 Å². The molecule has 2 N–H and O–H groups in total. The van der Waals surface area contributed by atoms with E-state index in [1.165, 1.54) is 12.1 Å². The van der Waals surface area contributed by atoms with Gasteiger partial charge in [0.25, 0.3) is 5.91 Å². The molecule has 1 heterocycles. The highest BCUT2D eigenvalue weighted by atomic mass is 32.2. The summed E-state index contributed by atoms with van der Waals surface area (Å²) in [5.74, 6) is 0.156. The minimum atomic E-state index is -0.830. The number of amides is 1. The van der Waals surface area contributed by atoms with Crippen LogP contribution in [0, 0.1) is 5.82 Å². The standard InChI is InChI=1S/C11H13FN2O2S/c12-9-7-8(1-2-10(9)13)11(15)14-3-5-17(16)6-4-14/h1-2,7H,3-6,13H2. The fraction of sp³-hybridized carbons (Fsp3) is 0.364. The average molecular weight is 256 g/mol. The first-order valence-corrected chi connectivity index (χ1v) is 6.76. The molecule has 92 valence electrons. The monoisotopic (exact) mass is 256 g/mol. The maximum atomic E-state index is 13.2. The van der Waals surface area contributed by atoms with Gasteiger partial charge in [0.05, 0.1) is 5.69 Å². The first kappa shape index (κ1) is 12.0. The van der Waals surface area contributed by atoms with Crippen molar-refractivity contribution in [3.63, 3.8) is 0 Å². The van der Waals surface area contributed by atoms with Crippen molar-refractivity contribution in [3.8, 4) is 0 Å². The lowest BCUT2D eigenvalue weighted by atomic mass is 10.1. The van der Waals surface area contributed by atoms with Gasteiger partial charge in [0, 0.05) is 41.0 Å². The molecule has 0 saturated carbocycles. The van der Waals surface area contributed by atoms with Gasteiger partial charge in [0.2, 0.25) is 0 Å². The molecule has 1 aromatic carbocycles. The fourth-order valence-electron chi connectivity index (χ4n) is 1.68. The lowest BCUT2D eigenvalue weighted by Crippen LogP contribution is -2.41. The van der Waals surface area contributed by atoms with Crippen molar-refractivity contribution in [1.29, 1.82) is 0 Å². The molecule has 1 aliphatic heterocycles. The average Bonchev–Trinajstić information content (AvgIpc) is 2.33. The predicted octanol–water partition coefficient (Wildman–Crippen LogP) is 0.612. The number of carbonyl (C=O) groups is 1. The number of hydrogen-bond donors (Lipinski definition) is 1. The normalized spacial score (nSPS) is 17.1. The molecular weight excluding hydrogens is 243 g/mol. The molecule has 0 bridgehead atoms. The van der Waals surface area contributed by atoms with Gasteiger partial charge in [-0.3, -0.25) is 9.00 Å². The van der Waals surface area contributed by atoms with E-state index in [9.17, 15) is 13.4 Å². The molecule has 0 unspecified atom stereocenters. The molecule has 1 amide bonds. The minimum Gasteiger partial charge on any atom is -0.396 e. The zero-order valence-electron chi connectivity index (χ0n) is 9.19. The molecule has 6 heteroatoms. The summed E-state index contributed by atoms with van der Waals surface area (Å²) in [6, 6.07) is 4.03. The van der Waals surface area contributed by atoms with Gasteiger partial charge in [-0.15, -0.1) is 0 Å². The van der Waals surface area contributed by atoms with Crippen molar-refractivity contribution in [2.45, 2.75) is 0 Å². The Bertz CT molecular complexity index is 469. The Hall–Kier alpha value is -1.43. The van der Waals surface area contributed by atoms with Crippen molar-refractivity contribution in [3.05, 3.63) is 29.6 Å². The highest BCUT2D eigenvalue weighted by Crippen LogP contribution is 2.14. The van der Waals surface area contributed by atoms with Crippen molar-refractivity contribution in [2.75, 3.05) is 30.3 Å². The Morgan fingerprint density at radius 2 is 2.00 bits per heavy atom. The summed E-state index contributed by atoms with van der Waals surface area (Å²) in [5.41, 5.74) is 5.66. The lowest BCUT2D eigenvalue weighted by Gasteiger charge is -2.26. The number of halogens is 1. The largest absolute Gasteiger partial charge is 0.396 e. The van der Waals surface area contributed by atoms with Crippen molar-refractivity contribution in [2.24, 2.45) is 0 Å². The molecule has 0 spiro atoms. The number of nitrogens with two attached hydrogens (primary N) is 1. The van der Waals surface area contributed by atoms with Crippen LogP contribution in [0.4, 0.5) is 10.1 Å². The second kappa shape index (κ2) is 4.83. The number of hydrogen-bond acceptors (Lipinski definition) is 3. The summed E-state index contributed by atoms with van der Waals surface area (Å²) in [4.78, 5) is 13.6. The summed E-state index contributed by atoms with van der Waals surface area (Å²) in [7, 11) is -0.830. The van der Waals surface area contributed by atoms with Crippen LogP contribution in [-0.2, 0) is 10.8 Å². The van der Waals surface area contributed by atoms with Crippen LogP contribution in [-0.4, -0.2) is 39.6 Å². The minimum absolute atomic E-state index is 0.0290. The van der Waals surface area contributed by atoms with Crippen LogP contribution >= 0.6 is 0 Å². The molecule has 0 aliphatic carbocycles. The van der Waals surface area contributed by atoms with Crippen molar-refractivity contribution in [1.82, 2.24) is 4.90 Å². The third-order valence-electron chi connectivity index (χ3n) is 2.71. The summed E-state index contributed by atoms with van der Waals surface area (Å²) in [6.07, 6.45) is 0. The zero-order valence-corrected chi connectivity index (χ0v) is 10.0. The Labute approximate surface area is 101 Å². The second-order valence-electron chi connectivity index (χ2n) is 3.88. The third-order valence-corrected chi connectivity index (χ3v) is 3.99. The first-order valence-electron chi connectivity index (χ1n) is 5.27. The molecule has 1 aliphatic rings. The summed E-state index contributed by atoms with van der Waals surface area (Å²) >= 11 is 0. The van der Waals surface area contributed by atoms with Crippen molar-refractivity contribution < 1.29 is 13.4 Å². The number of nitrogens with zero attached hydrogens (tertiary/aromatic N) is 1. The maximum Gasteiger partial charge on any atom is 0.254 e. The maximum absolute atomic E-state index is 13.2. The van der Waals surface area contributed by atoms with E-state index in [-0.39, 0.29) is 17.2 Å². The van der Waals surface area contributed by atoms with E-state index in [0.717, 1.165) is 6.07 Å². The van der Waals surface area contributed by atoms with Crippen LogP contribution in [0.1, 0.15) is 10.4 Å². The Kier molecular flexibility index (Phi) is 3.42. The van der Waals surface area contributed by atoms with E-state index >= 15 is 0 Å². The summed E-state index contributed by atoms with van der Waals surface area (Å²) in [6.45, 7) is 0.912. The van der Waals surface area contributed by atoms with Crippen LogP contribution in [0.3, 0.4) is 0 Å². The number of benzene rings is 1. The van der Waals surface area contributed by atoms with E-state index in [4.69, 9.17) is 5.73 Å². The van der Waals surface area contributed by atoms with Gasteiger partial charge in [-0.2, -0.15) is 0 Å². The molecular formula is C11H13FN2O2S. The summed E-state index contributed by atoms with van der Waals surface area (Å²) in [5, 5.41) is 0. The van der Waals surface area contributed by atoms with E-state index in [0.29, 0.717) is 24.6 Å². The second-order valence-corrected chi connectivity index (χ2v) is 5.57. The van der Waals surface area contributed by atoms with Crippen LogP contribution in [0.25, 0.3) is 0 Å². The SMILES string of the molecule is Nc1ccc(C(=O)N2CCS(=O)CC2)cc1F. The predicted molar refractivity (Wildman–Crippen MR) is 64.6 cm³/mol. The molecule has 0 aromatic heterocycles. The molecule has 0 atom stereocenters. The van der Waals surface area contributed by atoms with Crippen LogP contribution in [0.2, 0.25) is 0 Å². The quantitative estimate of drug-likeness (QED) is 0.749. The van der Waals surface area contributed by atoms with Gasteiger partial charge in [0.1, 0.15) is 5.82 Å². The Morgan fingerprint density at radius 3 is 2.59 bits per heavy atom. The van der Waals surface area contributed by atoms with Gasteiger partial charge in [-0.25, -0.2) is 4.39 Å². The number of carbonyl (C=O) groups excluding carboxylic acids is 1. The number of rotatable bonds is 1. The Morgan fingerprint density at radius 1 is 1.35 bits per heavy atom. The van der Waals surface area contributed by atoms with Crippen molar-refractivity contribution >= 4 is 22.4 Å². The van der Waals surface area contributed by atoms with E-state index in [1.807, 2.05) is 0 Å². The molecule has 1 saturated heterocycles. The van der Waals surface area contributed by atoms with Gasteiger partial charge >= 0.3 is 0 Å². The van der Waals surface area contributed by atoms with E-state index in [2.05, 4.69) is 0 Å². The Balaban J connectivity index is 2.14. The zero-order chi connectivity index (χ0) is 12.4. The molecule has 4 nitrogen and oxygen atoms in total.